The fourth-order valence-electron chi connectivity index (χ4n) is 3.52. The van der Waals surface area contributed by atoms with E-state index in [0.717, 1.165) is 22.9 Å². The number of halogens is 1. The molecule has 0 unspecified atom stereocenters. The molecule has 4 rings (SSSR count). The summed E-state index contributed by atoms with van der Waals surface area (Å²) in [4.78, 5) is 34.6. The van der Waals surface area contributed by atoms with Crippen LogP contribution in [0.1, 0.15) is 23.6 Å². The third kappa shape index (κ3) is 5.15. The Morgan fingerprint density at radius 3 is 2.69 bits per heavy atom. The largest absolute Gasteiger partial charge is 0.322 e. The van der Waals surface area contributed by atoms with Crippen LogP contribution in [0.25, 0.3) is 10.9 Å². The number of fused-ring (bicyclic) bond motifs is 1. The van der Waals surface area contributed by atoms with Gasteiger partial charge in [-0.15, -0.1) is 0 Å². The lowest BCUT2D eigenvalue weighted by Gasteiger charge is -2.23. The molecule has 0 fully saturated rings. The summed E-state index contributed by atoms with van der Waals surface area (Å²) in [5.74, 6) is 0. The van der Waals surface area contributed by atoms with Gasteiger partial charge in [-0.3, -0.25) is 9.78 Å². The van der Waals surface area contributed by atoms with Gasteiger partial charge < -0.3 is 15.2 Å². The number of carbonyl (C=O) groups excluding carboxylic acids is 1. The highest BCUT2D eigenvalue weighted by Gasteiger charge is 2.17. The van der Waals surface area contributed by atoms with Gasteiger partial charge >= 0.3 is 6.03 Å². The lowest BCUT2D eigenvalue weighted by Crippen LogP contribution is -2.35. The summed E-state index contributed by atoms with van der Waals surface area (Å²) in [5, 5.41) is 4.34. The fourth-order valence-corrected chi connectivity index (χ4v) is 3.71. The number of urea groups is 1. The van der Waals surface area contributed by atoms with E-state index in [9.17, 15) is 9.59 Å². The van der Waals surface area contributed by atoms with Gasteiger partial charge in [-0.25, -0.2) is 4.79 Å². The molecule has 6 nitrogen and oxygen atoms in total. The number of benzene rings is 2. The van der Waals surface area contributed by atoms with Crippen LogP contribution < -0.4 is 10.9 Å². The topological polar surface area (TPSA) is 78.1 Å². The smallest absolute Gasteiger partial charge is 0.322 e. The van der Waals surface area contributed by atoms with Gasteiger partial charge in [-0.05, 0) is 65.4 Å². The molecule has 0 radical (unpaired) electrons. The number of aryl methyl sites for hydroxylation is 1. The summed E-state index contributed by atoms with van der Waals surface area (Å²) in [6.45, 7) is 2.53. The van der Waals surface area contributed by atoms with Crippen molar-refractivity contribution in [3.63, 3.8) is 0 Å². The number of aromatic amines is 1. The standard InChI is InChI=1S/C25H23ClN4O2/c1-2-17-8-9-23-19(11-17)12-20(24(31)29-23)16-30(15-18-5-4-10-27-14-18)25(32)28-22-7-3-6-21(26)13-22/h3-14H,2,15-16H2,1H3,(H,28,32)(H,29,31). The van der Waals surface area contributed by atoms with Crippen LogP contribution in [0.15, 0.2) is 77.9 Å². The molecule has 4 aromatic rings. The van der Waals surface area contributed by atoms with E-state index in [4.69, 9.17) is 11.6 Å². The van der Waals surface area contributed by atoms with Crippen molar-refractivity contribution in [3.05, 3.63) is 105 Å². The van der Waals surface area contributed by atoms with E-state index in [2.05, 4.69) is 28.3 Å². The molecule has 0 saturated heterocycles. The third-order valence-corrected chi connectivity index (χ3v) is 5.45. The molecule has 2 amide bonds. The van der Waals surface area contributed by atoms with Gasteiger partial charge in [-0.2, -0.15) is 0 Å². The van der Waals surface area contributed by atoms with Crippen molar-refractivity contribution in [2.24, 2.45) is 0 Å². The molecule has 2 aromatic carbocycles. The predicted octanol–water partition coefficient (Wildman–Crippen LogP) is 5.37. The van der Waals surface area contributed by atoms with Crippen LogP contribution in [0, 0.1) is 0 Å². The molecule has 0 bridgehead atoms. The van der Waals surface area contributed by atoms with Crippen molar-refractivity contribution in [3.8, 4) is 0 Å². The normalized spacial score (nSPS) is 10.8. The average molecular weight is 447 g/mol. The molecule has 2 N–H and O–H groups in total. The molecule has 0 aliphatic heterocycles. The molecular weight excluding hydrogens is 424 g/mol. The number of hydrogen-bond acceptors (Lipinski definition) is 3. The first-order chi connectivity index (χ1) is 15.5. The van der Waals surface area contributed by atoms with Crippen molar-refractivity contribution in [2.45, 2.75) is 26.4 Å². The van der Waals surface area contributed by atoms with E-state index in [1.54, 1.807) is 41.6 Å². The predicted molar refractivity (Wildman–Crippen MR) is 128 cm³/mol. The first-order valence-corrected chi connectivity index (χ1v) is 10.7. The first-order valence-electron chi connectivity index (χ1n) is 10.4. The van der Waals surface area contributed by atoms with Crippen LogP contribution in [0.4, 0.5) is 10.5 Å². The Kier molecular flexibility index (Phi) is 6.52. The Hall–Kier alpha value is -3.64. The summed E-state index contributed by atoms with van der Waals surface area (Å²) in [5.41, 5.74) is 3.70. The minimum absolute atomic E-state index is 0.142. The SMILES string of the molecule is CCc1ccc2[nH]c(=O)c(CN(Cc3cccnc3)C(=O)Nc3cccc(Cl)c3)cc2c1. The van der Waals surface area contributed by atoms with E-state index in [1.165, 1.54) is 5.56 Å². The van der Waals surface area contributed by atoms with E-state index >= 15 is 0 Å². The average Bonchev–Trinajstić information content (AvgIpc) is 2.79. The maximum Gasteiger partial charge on any atom is 0.322 e. The van der Waals surface area contributed by atoms with Crippen LogP contribution in [0.2, 0.25) is 5.02 Å². The lowest BCUT2D eigenvalue weighted by atomic mass is 10.1. The molecule has 162 valence electrons. The number of nitrogens with one attached hydrogen (secondary N) is 2. The Bertz CT molecular complexity index is 1300. The lowest BCUT2D eigenvalue weighted by molar-refractivity contribution is 0.206. The summed E-state index contributed by atoms with van der Waals surface area (Å²) < 4.78 is 0. The molecule has 2 heterocycles. The van der Waals surface area contributed by atoms with Crippen molar-refractivity contribution < 1.29 is 4.79 Å². The number of pyridine rings is 2. The van der Waals surface area contributed by atoms with E-state index in [1.807, 2.05) is 30.3 Å². The maximum atomic E-state index is 13.1. The summed E-state index contributed by atoms with van der Waals surface area (Å²) in [7, 11) is 0. The van der Waals surface area contributed by atoms with Crippen LogP contribution in [-0.4, -0.2) is 20.9 Å². The number of anilines is 1. The summed E-state index contributed by atoms with van der Waals surface area (Å²) in [6.07, 6.45) is 4.29. The zero-order valence-electron chi connectivity index (χ0n) is 17.6. The van der Waals surface area contributed by atoms with Crippen molar-refractivity contribution in [1.29, 1.82) is 0 Å². The van der Waals surface area contributed by atoms with Crippen molar-refractivity contribution in [2.75, 3.05) is 5.32 Å². The van der Waals surface area contributed by atoms with Gasteiger partial charge in [-0.1, -0.05) is 36.7 Å². The maximum absolute atomic E-state index is 13.1. The van der Waals surface area contributed by atoms with Gasteiger partial charge in [0.25, 0.3) is 5.56 Å². The fraction of sp³-hybridized carbons (Fsp3) is 0.160. The van der Waals surface area contributed by atoms with Crippen LogP contribution >= 0.6 is 11.6 Å². The first kappa shape index (κ1) is 21.6. The summed E-state index contributed by atoms with van der Waals surface area (Å²) in [6, 6.07) is 18.2. The van der Waals surface area contributed by atoms with Crippen molar-refractivity contribution >= 4 is 34.2 Å². The Labute approximate surface area is 190 Å². The Morgan fingerprint density at radius 1 is 1.06 bits per heavy atom. The number of nitrogens with zero attached hydrogens (tertiary/aromatic N) is 2. The third-order valence-electron chi connectivity index (χ3n) is 5.21. The minimum atomic E-state index is -0.335. The van der Waals surface area contributed by atoms with Crippen LogP contribution in [0.3, 0.4) is 0 Å². The highest BCUT2D eigenvalue weighted by atomic mass is 35.5. The van der Waals surface area contributed by atoms with Crippen LogP contribution in [0.5, 0.6) is 0 Å². The van der Waals surface area contributed by atoms with Gasteiger partial charge in [0.2, 0.25) is 0 Å². The highest BCUT2D eigenvalue weighted by Crippen LogP contribution is 2.18. The van der Waals surface area contributed by atoms with Crippen LogP contribution in [-0.2, 0) is 19.5 Å². The number of aromatic nitrogens is 2. The second-order valence-corrected chi connectivity index (χ2v) is 7.99. The van der Waals surface area contributed by atoms with E-state index in [-0.39, 0.29) is 18.1 Å². The molecular formula is C25H23ClN4O2. The van der Waals surface area contributed by atoms with E-state index < -0.39 is 0 Å². The Balaban J connectivity index is 1.65. The number of H-pyrrole nitrogens is 1. The number of rotatable bonds is 6. The second-order valence-electron chi connectivity index (χ2n) is 7.56. The molecule has 32 heavy (non-hydrogen) atoms. The van der Waals surface area contributed by atoms with E-state index in [0.29, 0.717) is 22.8 Å². The zero-order chi connectivity index (χ0) is 22.5. The molecule has 0 saturated carbocycles. The van der Waals surface area contributed by atoms with Gasteiger partial charge in [0.15, 0.2) is 0 Å². The number of amides is 2. The van der Waals surface area contributed by atoms with Gasteiger partial charge in [0.1, 0.15) is 0 Å². The highest BCUT2D eigenvalue weighted by molar-refractivity contribution is 6.30. The summed E-state index contributed by atoms with van der Waals surface area (Å²) >= 11 is 6.05. The molecule has 2 aromatic heterocycles. The monoisotopic (exact) mass is 446 g/mol. The second kappa shape index (κ2) is 9.66. The molecule has 0 aliphatic rings. The Morgan fingerprint density at radius 2 is 1.94 bits per heavy atom. The quantitative estimate of drug-likeness (QED) is 0.417. The van der Waals surface area contributed by atoms with Gasteiger partial charge in [0.05, 0.1) is 6.54 Å². The molecule has 0 atom stereocenters. The molecule has 0 spiro atoms. The number of hydrogen-bond donors (Lipinski definition) is 2. The minimum Gasteiger partial charge on any atom is -0.322 e. The zero-order valence-corrected chi connectivity index (χ0v) is 18.4. The van der Waals surface area contributed by atoms with Gasteiger partial charge in [0, 0.05) is 40.7 Å². The molecule has 7 heteroatoms. The molecule has 0 aliphatic carbocycles. The van der Waals surface area contributed by atoms with Crippen molar-refractivity contribution in [1.82, 2.24) is 14.9 Å². The number of carbonyl (C=O) groups is 1.